The molecule has 0 aromatic carbocycles. The summed E-state index contributed by atoms with van der Waals surface area (Å²) in [5, 5.41) is 3.05. The van der Waals surface area contributed by atoms with Crippen LogP contribution >= 0.6 is 0 Å². The molecule has 0 aromatic rings. The molecular weight excluding hydrogens is 326 g/mol. The fourth-order valence-corrected chi connectivity index (χ4v) is 5.28. The van der Waals surface area contributed by atoms with Gasteiger partial charge in [-0.25, -0.2) is 12.7 Å². The number of piperidine rings is 2. The van der Waals surface area contributed by atoms with Crippen molar-refractivity contribution in [1.82, 2.24) is 14.5 Å². The SMILES string of the molecule is CCCS(=O)(=O)N1CCC(C(=O)NCCN2CCCC[C@@H]2C)CC1. The molecule has 6 nitrogen and oxygen atoms in total. The summed E-state index contributed by atoms with van der Waals surface area (Å²) in [5.74, 6) is 0.252. The average Bonchev–Trinajstić information content (AvgIpc) is 2.56. The predicted octanol–water partition coefficient (Wildman–Crippen LogP) is 1.43. The van der Waals surface area contributed by atoms with E-state index in [1.165, 1.54) is 19.3 Å². The normalized spacial score (nSPS) is 24.8. The van der Waals surface area contributed by atoms with Gasteiger partial charge in [0.2, 0.25) is 15.9 Å². The Hall–Kier alpha value is -0.660. The van der Waals surface area contributed by atoms with Crippen LogP contribution in [0.4, 0.5) is 0 Å². The topological polar surface area (TPSA) is 69.7 Å². The number of rotatable bonds is 7. The van der Waals surface area contributed by atoms with Crippen LogP contribution in [-0.2, 0) is 14.8 Å². The van der Waals surface area contributed by atoms with E-state index in [-0.39, 0.29) is 17.6 Å². The van der Waals surface area contributed by atoms with E-state index >= 15 is 0 Å². The highest BCUT2D eigenvalue weighted by atomic mass is 32.2. The zero-order valence-corrected chi connectivity index (χ0v) is 16.0. The van der Waals surface area contributed by atoms with Crippen LogP contribution in [0.2, 0.25) is 0 Å². The highest BCUT2D eigenvalue weighted by molar-refractivity contribution is 7.89. The van der Waals surface area contributed by atoms with E-state index < -0.39 is 10.0 Å². The van der Waals surface area contributed by atoms with Gasteiger partial charge in [0.25, 0.3) is 0 Å². The highest BCUT2D eigenvalue weighted by Gasteiger charge is 2.30. The molecule has 7 heteroatoms. The minimum atomic E-state index is -3.13. The number of carbonyl (C=O) groups excluding carboxylic acids is 1. The fourth-order valence-electron chi connectivity index (χ4n) is 3.74. The predicted molar refractivity (Wildman–Crippen MR) is 96.3 cm³/mol. The van der Waals surface area contributed by atoms with Crippen molar-refractivity contribution in [3.63, 3.8) is 0 Å². The van der Waals surface area contributed by atoms with E-state index in [2.05, 4.69) is 17.1 Å². The molecule has 0 unspecified atom stereocenters. The monoisotopic (exact) mass is 359 g/mol. The van der Waals surface area contributed by atoms with Crippen molar-refractivity contribution in [3.8, 4) is 0 Å². The van der Waals surface area contributed by atoms with Crippen molar-refractivity contribution in [2.45, 2.75) is 58.4 Å². The molecule has 2 saturated heterocycles. The van der Waals surface area contributed by atoms with E-state index in [4.69, 9.17) is 0 Å². The van der Waals surface area contributed by atoms with Crippen LogP contribution < -0.4 is 5.32 Å². The van der Waals surface area contributed by atoms with E-state index in [0.717, 1.165) is 13.1 Å². The van der Waals surface area contributed by atoms with Gasteiger partial charge in [0.1, 0.15) is 0 Å². The molecule has 2 rings (SSSR count). The van der Waals surface area contributed by atoms with Gasteiger partial charge in [-0.15, -0.1) is 0 Å². The van der Waals surface area contributed by atoms with Gasteiger partial charge in [0.05, 0.1) is 5.75 Å². The summed E-state index contributed by atoms with van der Waals surface area (Å²) in [7, 11) is -3.13. The van der Waals surface area contributed by atoms with Crippen LogP contribution in [-0.4, -0.2) is 68.0 Å². The summed E-state index contributed by atoms with van der Waals surface area (Å²) >= 11 is 0. The summed E-state index contributed by atoms with van der Waals surface area (Å²) in [4.78, 5) is 14.8. The molecule has 140 valence electrons. The molecule has 0 aromatic heterocycles. The number of sulfonamides is 1. The molecule has 2 aliphatic heterocycles. The van der Waals surface area contributed by atoms with Gasteiger partial charge >= 0.3 is 0 Å². The van der Waals surface area contributed by atoms with Crippen molar-refractivity contribution >= 4 is 15.9 Å². The second kappa shape index (κ2) is 9.15. The molecule has 0 radical (unpaired) electrons. The van der Waals surface area contributed by atoms with Gasteiger partial charge in [-0.2, -0.15) is 0 Å². The van der Waals surface area contributed by atoms with Crippen LogP contribution in [0.5, 0.6) is 0 Å². The molecule has 1 N–H and O–H groups in total. The molecule has 0 bridgehead atoms. The Labute approximate surface area is 147 Å². The Kier molecular flexibility index (Phi) is 7.50. The number of likely N-dealkylation sites (tertiary alicyclic amines) is 1. The Morgan fingerprint density at radius 1 is 1.12 bits per heavy atom. The zero-order chi connectivity index (χ0) is 17.6. The minimum absolute atomic E-state index is 0.0446. The van der Waals surface area contributed by atoms with E-state index in [9.17, 15) is 13.2 Å². The summed E-state index contributed by atoms with van der Waals surface area (Å²) in [6, 6.07) is 0.614. The fraction of sp³-hybridized carbons (Fsp3) is 0.941. The maximum Gasteiger partial charge on any atom is 0.223 e. The molecule has 0 aliphatic carbocycles. The Balaban J connectivity index is 1.69. The van der Waals surface area contributed by atoms with Crippen molar-refractivity contribution in [1.29, 1.82) is 0 Å². The lowest BCUT2D eigenvalue weighted by atomic mass is 9.97. The van der Waals surface area contributed by atoms with Crippen LogP contribution in [0.3, 0.4) is 0 Å². The van der Waals surface area contributed by atoms with Crippen LogP contribution in [0, 0.1) is 5.92 Å². The van der Waals surface area contributed by atoms with E-state index in [1.54, 1.807) is 4.31 Å². The van der Waals surface area contributed by atoms with Gasteiger partial charge in [-0.05, 0) is 45.6 Å². The second-order valence-corrected chi connectivity index (χ2v) is 9.25. The van der Waals surface area contributed by atoms with Crippen molar-refractivity contribution < 1.29 is 13.2 Å². The molecule has 24 heavy (non-hydrogen) atoms. The summed E-state index contributed by atoms with van der Waals surface area (Å²) in [6.45, 7) is 7.82. The zero-order valence-electron chi connectivity index (χ0n) is 15.2. The first kappa shape index (κ1) is 19.7. The highest BCUT2D eigenvalue weighted by Crippen LogP contribution is 2.20. The standard InChI is InChI=1S/C17H33N3O3S/c1-3-14-24(22,23)20-11-7-16(8-12-20)17(21)18-9-13-19-10-5-4-6-15(19)2/h15-16H,3-14H2,1-2H3,(H,18,21)/t15-/m0/s1. The first-order valence-corrected chi connectivity index (χ1v) is 11.0. The average molecular weight is 360 g/mol. The lowest BCUT2D eigenvalue weighted by molar-refractivity contribution is -0.126. The van der Waals surface area contributed by atoms with Gasteiger partial charge in [-0.3, -0.25) is 9.69 Å². The lowest BCUT2D eigenvalue weighted by Gasteiger charge is -2.34. The molecule has 2 heterocycles. The Morgan fingerprint density at radius 3 is 2.46 bits per heavy atom. The van der Waals surface area contributed by atoms with E-state index in [0.29, 0.717) is 44.9 Å². The third-order valence-electron chi connectivity index (χ3n) is 5.32. The van der Waals surface area contributed by atoms with Crippen molar-refractivity contribution in [2.24, 2.45) is 5.92 Å². The largest absolute Gasteiger partial charge is 0.355 e. The first-order chi connectivity index (χ1) is 11.4. The number of amides is 1. The molecule has 2 fully saturated rings. The maximum absolute atomic E-state index is 12.3. The molecular formula is C17H33N3O3S. The Morgan fingerprint density at radius 2 is 1.83 bits per heavy atom. The quantitative estimate of drug-likeness (QED) is 0.746. The number of hydrogen-bond donors (Lipinski definition) is 1. The molecule has 0 saturated carbocycles. The van der Waals surface area contributed by atoms with Crippen molar-refractivity contribution in [3.05, 3.63) is 0 Å². The second-order valence-electron chi connectivity index (χ2n) is 7.16. The number of nitrogens with zero attached hydrogens (tertiary/aromatic N) is 2. The van der Waals surface area contributed by atoms with Gasteiger partial charge in [0.15, 0.2) is 0 Å². The third kappa shape index (κ3) is 5.43. The number of hydrogen-bond acceptors (Lipinski definition) is 4. The Bertz CT molecular complexity index is 501. The van der Waals surface area contributed by atoms with Gasteiger partial charge in [-0.1, -0.05) is 13.3 Å². The summed E-state index contributed by atoms with van der Waals surface area (Å²) < 4.78 is 25.7. The molecule has 1 amide bonds. The van der Waals surface area contributed by atoms with Crippen LogP contribution in [0.15, 0.2) is 0 Å². The first-order valence-electron chi connectivity index (χ1n) is 9.43. The van der Waals surface area contributed by atoms with E-state index in [1.807, 2.05) is 6.92 Å². The molecule has 1 atom stereocenters. The minimum Gasteiger partial charge on any atom is -0.355 e. The number of nitrogens with one attached hydrogen (secondary N) is 1. The summed E-state index contributed by atoms with van der Waals surface area (Å²) in [6.07, 6.45) is 5.71. The lowest BCUT2D eigenvalue weighted by Crippen LogP contribution is -2.46. The number of carbonyl (C=O) groups is 1. The van der Waals surface area contributed by atoms with Crippen LogP contribution in [0.25, 0.3) is 0 Å². The summed E-state index contributed by atoms with van der Waals surface area (Å²) in [5.41, 5.74) is 0. The smallest absolute Gasteiger partial charge is 0.223 e. The molecule has 2 aliphatic rings. The van der Waals surface area contributed by atoms with Gasteiger partial charge < -0.3 is 5.32 Å². The molecule has 0 spiro atoms. The maximum atomic E-state index is 12.3. The van der Waals surface area contributed by atoms with Crippen LogP contribution in [0.1, 0.15) is 52.4 Å². The van der Waals surface area contributed by atoms with Gasteiger partial charge in [0, 0.05) is 38.1 Å². The third-order valence-corrected chi connectivity index (χ3v) is 7.40. The van der Waals surface area contributed by atoms with Crippen molar-refractivity contribution in [2.75, 3.05) is 38.5 Å².